The molecule has 0 aromatic heterocycles. The van der Waals surface area contributed by atoms with Crippen molar-refractivity contribution in [2.45, 2.75) is 57.8 Å². The van der Waals surface area contributed by atoms with Crippen LogP contribution in [0.15, 0.2) is 12.1 Å². The lowest BCUT2D eigenvalue weighted by atomic mass is 9.81. The Morgan fingerprint density at radius 2 is 1.82 bits per heavy atom. The third-order valence-corrected chi connectivity index (χ3v) is 3.84. The van der Waals surface area contributed by atoms with E-state index in [1.165, 1.54) is 37.7 Å². The van der Waals surface area contributed by atoms with E-state index in [4.69, 9.17) is 0 Å². The molecule has 1 aliphatic rings. The smallest absolute Gasteiger partial charge is 0.160 e. The summed E-state index contributed by atoms with van der Waals surface area (Å²) in [5, 5.41) is 19.6. The molecule has 0 saturated heterocycles. The van der Waals surface area contributed by atoms with E-state index < -0.39 is 0 Å². The average Bonchev–Trinajstić information content (AvgIpc) is 2.36. The summed E-state index contributed by atoms with van der Waals surface area (Å²) in [6.07, 6.45) is 8.21. The summed E-state index contributed by atoms with van der Waals surface area (Å²) in [6, 6.07) is 3.65. The van der Waals surface area contributed by atoms with Crippen molar-refractivity contribution >= 4 is 0 Å². The van der Waals surface area contributed by atoms with Crippen molar-refractivity contribution in [3.05, 3.63) is 23.3 Å². The van der Waals surface area contributed by atoms with Crippen LogP contribution in [0.2, 0.25) is 0 Å². The van der Waals surface area contributed by atoms with Crippen LogP contribution < -0.4 is 0 Å². The number of hydrogen-bond donors (Lipinski definition) is 2. The van der Waals surface area contributed by atoms with Gasteiger partial charge < -0.3 is 10.2 Å². The summed E-state index contributed by atoms with van der Waals surface area (Å²) < 4.78 is 0. The van der Waals surface area contributed by atoms with E-state index in [1.54, 1.807) is 6.07 Å². The molecule has 2 nitrogen and oxygen atoms in total. The first-order chi connectivity index (χ1) is 8.24. The summed E-state index contributed by atoms with van der Waals surface area (Å²) >= 11 is 0. The van der Waals surface area contributed by atoms with Crippen LogP contribution in [0.3, 0.4) is 0 Å². The molecule has 1 fully saturated rings. The van der Waals surface area contributed by atoms with Crippen LogP contribution in [0, 0.1) is 0 Å². The molecular formula is C15H22O2. The summed E-state index contributed by atoms with van der Waals surface area (Å²) in [7, 11) is 0. The lowest BCUT2D eigenvalue weighted by Crippen LogP contribution is -2.07. The molecule has 1 aliphatic carbocycles. The van der Waals surface area contributed by atoms with E-state index in [-0.39, 0.29) is 11.5 Å². The Balaban J connectivity index is 2.34. The zero-order valence-corrected chi connectivity index (χ0v) is 10.6. The first kappa shape index (κ1) is 12.3. The van der Waals surface area contributed by atoms with Crippen LogP contribution >= 0.6 is 0 Å². The van der Waals surface area contributed by atoms with Crippen molar-refractivity contribution in [3.63, 3.8) is 0 Å². The molecule has 0 aliphatic heterocycles. The van der Waals surface area contributed by atoms with Crippen molar-refractivity contribution in [2.75, 3.05) is 0 Å². The molecule has 2 heteroatoms. The number of phenols is 2. The number of benzene rings is 1. The zero-order chi connectivity index (χ0) is 12.3. The molecule has 1 aromatic rings. The van der Waals surface area contributed by atoms with Gasteiger partial charge in [0.2, 0.25) is 0 Å². The molecule has 17 heavy (non-hydrogen) atoms. The zero-order valence-electron chi connectivity index (χ0n) is 10.6. The number of rotatable bonds is 3. The van der Waals surface area contributed by atoms with Gasteiger partial charge in [0.15, 0.2) is 11.5 Å². The Morgan fingerprint density at radius 3 is 2.47 bits per heavy atom. The van der Waals surface area contributed by atoms with Gasteiger partial charge in [-0.15, -0.1) is 0 Å². The van der Waals surface area contributed by atoms with Crippen molar-refractivity contribution in [1.29, 1.82) is 0 Å². The Kier molecular flexibility index (Phi) is 3.93. The Labute approximate surface area is 103 Å². The highest BCUT2D eigenvalue weighted by Gasteiger charge is 2.21. The van der Waals surface area contributed by atoms with Gasteiger partial charge in [-0.25, -0.2) is 0 Å². The molecule has 0 amide bonds. The van der Waals surface area contributed by atoms with Crippen LogP contribution in [-0.2, 0) is 6.42 Å². The number of aromatic hydroxyl groups is 2. The Hall–Kier alpha value is -1.18. The maximum atomic E-state index is 9.99. The van der Waals surface area contributed by atoms with Crippen LogP contribution in [0.5, 0.6) is 11.5 Å². The fourth-order valence-corrected chi connectivity index (χ4v) is 2.95. The summed E-state index contributed by atoms with van der Waals surface area (Å²) in [6.45, 7) is 2.11. The Bertz CT molecular complexity index is 379. The fraction of sp³-hybridized carbons (Fsp3) is 0.600. The second kappa shape index (κ2) is 5.44. The number of phenolic OH excluding ortho intramolecular Hbond substituents is 2. The topological polar surface area (TPSA) is 40.5 Å². The van der Waals surface area contributed by atoms with Crippen LogP contribution in [-0.4, -0.2) is 10.2 Å². The summed E-state index contributed by atoms with van der Waals surface area (Å²) in [5.74, 6) is 0.708. The van der Waals surface area contributed by atoms with Crippen molar-refractivity contribution in [2.24, 2.45) is 0 Å². The monoisotopic (exact) mass is 234 g/mol. The van der Waals surface area contributed by atoms with Gasteiger partial charge in [-0.05, 0) is 36.8 Å². The van der Waals surface area contributed by atoms with E-state index >= 15 is 0 Å². The molecule has 0 heterocycles. The normalized spacial score (nSPS) is 17.2. The minimum Gasteiger partial charge on any atom is -0.504 e. The molecule has 2 rings (SSSR count). The molecule has 0 spiro atoms. The van der Waals surface area contributed by atoms with E-state index in [2.05, 4.69) is 6.92 Å². The molecule has 1 aromatic carbocycles. The summed E-state index contributed by atoms with van der Waals surface area (Å²) in [5.41, 5.74) is 2.24. The van der Waals surface area contributed by atoms with E-state index in [9.17, 15) is 10.2 Å². The minimum absolute atomic E-state index is 0.0213. The second-order valence-corrected chi connectivity index (χ2v) is 5.09. The molecule has 2 N–H and O–H groups in total. The van der Waals surface area contributed by atoms with E-state index in [0.29, 0.717) is 5.92 Å². The maximum absolute atomic E-state index is 9.99. The number of hydrogen-bond acceptors (Lipinski definition) is 2. The molecule has 0 atom stereocenters. The highest BCUT2D eigenvalue weighted by molar-refractivity contribution is 5.50. The van der Waals surface area contributed by atoms with Crippen LogP contribution in [0.1, 0.15) is 62.5 Å². The predicted molar refractivity (Wildman–Crippen MR) is 69.6 cm³/mol. The van der Waals surface area contributed by atoms with E-state index in [0.717, 1.165) is 18.4 Å². The molecule has 94 valence electrons. The minimum atomic E-state index is 0.0213. The van der Waals surface area contributed by atoms with Gasteiger partial charge in [0, 0.05) is 5.56 Å². The molecule has 0 unspecified atom stereocenters. The van der Waals surface area contributed by atoms with Crippen LogP contribution in [0.25, 0.3) is 0 Å². The third kappa shape index (κ3) is 2.56. The Morgan fingerprint density at radius 1 is 1.12 bits per heavy atom. The van der Waals surface area contributed by atoms with E-state index in [1.807, 2.05) is 6.07 Å². The van der Waals surface area contributed by atoms with Crippen LogP contribution in [0.4, 0.5) is 0 Å². The molecule has 1 saturated carbocycles. The van der Waals surface area contributed by atoms with Crippen molar-refractivity contribution in [1.82, 2.24) is 0 Å². The standard InChI is InChI=1S/C15H22O2/c1-2-6-13-12(9-10-14(16)15(13)17)11-7-4-3-5-8-11/h9-11,16-17H,2-8H2,1H3. The first-order valence-corrected chi connectivity index (χ1v) is 6.77. The van der Waals surface area contributed by atoms with Gasteiger partial charge in [0.05, 0.1) is 0 Å². The largest absolute Gasteiger partial charge is 0.504 e. The third-order valence-electron chi connectivity index (χ3n) is 3.84. The highest BCUT2D eigenvalue weighted by Crippen LogP contribution is 2.40. The van der Waals surface area contributed by atoms with Crippen molar-refractivity contribution < 1.29 is 10.2 Å². The molecule has 0 bridgehead atoms. The maximum Gasteiger partial charge on any atom is 0.160 e. The molecule has 0 radical (unpaired) electrons. The van der Waals surface area contributed by atoms with Gasteiger partial charge in [0.25, 0.3) is 0 Å². The quantitative estimate of drug-likeness (QED) is 0.773. The van der Waals surface area contributed by atoms with Gasteiger partial charge in [0.1, 0.15) is 0 Å². The SMILES string of the molecule is CCCc1c(C2CCCCC2)ccc(O)c1O. The highest BCUT2D eigenvalue weighted by atomic mass is 16.3. The van der Waals surface area contributed by atoms with Gasteiger partial charge in [-0.1, -0.05) is 38.7 Å². The average molecular weight is 234 g/mol. The fourth-order valence-electron chi connectivity index (χ4n) is 2.95. The van der Waals surface area contributed by atoms with Gasteiger partial charge in [-0.2, -0.15) is 0 Å². The summed E-state index contributed by atoms with van der Waals surface area (Å²) in [4.78, 5) is 0. The lowest BCUT2D eigenvalue weighted by molar-refractivity contribution is 0.393. The molecular weight excluding hydrogens is 212 g/mol. The predicted octanol–water partition coefficient (Wildman–Crippen LogP) is 4.10. The van der Waals surface area contributed by atoms with Gasteiger partial charge in [-0.3, -0.25) is 0 Å². The second-order valence-electron chi connectivity index (χ2n) is 5.09. The van der Waals surface area contributed by atoms with Crippen molar-refractivity contribution in [3.8, 4) is 11.5 Å². The first-order valence-electron chi connectivity index (χ1n) is 6.77. The van der Waals surface area contributed by atoms with Gasteiger partial charge >= 0.3 is 0 Å². The lowest BCUT2D eigenvalue weighted by Gasteiger charge is -2.25.